The standard InChI is InChI=1S/C17H26ClN/c1-17(2,3)13-10-8-12(9-11-13)16(19)14-6-4-5-7-15(14)18/h4-7,12-13,16H,8-11,19H2,1-3H3. The van der Waals surface area contributed by atoms with Crippen molar-refractivity contribution in [3.8, 4) is 0 Å². The van der Waals surface area contributed by atoms with E-state index in [0.29, 0.717) is 11.3 Å². The first-order valence-electron chi connectivity index (χ1n) is 7.39. The first-order chi connectivity index (χ1) is 8.89. The summed E-state index contributed by atoms with van der Waals surface area (Å²) in [7, 11) is 0. The van der Waals surface area contributed by atoms with Crippen molar-refractivity contribution in [3.63, 3.8) is 0 Å². The highest BCUT2D eigenvalue weighted by Gasteiger charge is 2.32. The molecular formula is C17H26ClN. The molecule has 0 aromatic heterocycles. The fourth-order valence-corrected chi connectivity index (χ4v) is 3.61. The highest BCUT2D eigenvalue weighted by atomic mass is 35.5. The van der Waals surface area contributed by atoms with Crippen LogP contribution < -0.4 is 5.73 Å². The predicted octanol–water partition coefficient (Wildman–Crippen LogP) is 5.19. The number of benzene rings is 1. The Bertz CT molecular complexity index is 414. The number of hydrogen-bond donors (Lipinski definition) is 1. The van der Waals surface area contributed by atoms with E-state index >= 15 is 0 Å². The first-order valence-corrected chi connectivity index (χ1v) is 7.77. The van der Waals surface area contributed by atoms with E-state index < -0.39 is 0 Å². The summed E-state index contributed by atoms with van der Waals surface area (Å²) in [5.74, 6) is 1.42. The Hall–Kier alpha value is -0.530. The van der Waals surface area contributed by atoms with Crippen molar-refractivity contribution < 1.29 is 0 Å². The van der Waals surface area contributed by atoms with Gasteiger partial charge in [-0.1, -0.05) is 50.6 Å². The SMILES string of the molecule is CC(C)(C)C1CCC(C(N)c2ccccc2Cl)CC1. The number of nitrogens with two attached hydrogens (primary N) is 1. The average molecular weight is 280 g/mol. The molecule has 1 aromatic rings. The van der Waals surface area contributed by atoms with E-state index in [1.54, 1.807) is 0 Å². The van der Waals surface area contributed by atoms with Crippen molar-refractivity contribution in [3.05, 3.63) is 34.9 Å². The zero-order chi connectivity index (χ0) is 14.0. The molecule has 1 aliphatic rings. The van der Waals surface area contributed by atoms with Gasteiger partial charge in [0.25, 0.3) is 0 Å². The Morgan fingerprint density at radius 2 is 1.68 bits per heavy atom. The van der Waals surface area contributed by atoms with Crippen LogP contribution in [0, 0.1) is 17.3 Å². The van der Waals surface area contributed by atoms with Gasteiger partial charge < -0.3 is 5.73 Å². The number of hydrogen-bond acceptors (Lipinski definition) is 1. The zero-order valence-corrected chi connectivity index (χ0v) is 13.1. The molecule has 1 aromatic carbocycles. The van der Waals surface area contributed by atoms with Crippen LogP contribution in [-0.2, 0) is 0 Å². The van der Waals surface area contributed by atoms with Crippen LogP contribution in [0.1, 0.15) is 58.1 Å². The van der Waals surface area contributed by atoms with Crippen LogP contribution in [-0.4, -0.2) is 0 Å². The van der Waals surface area contributed by atoms with Crippen molar-refractivity contribution in [2.45, 2.75) is 52.5 Å². The molecule has 0 saturated heterocycles. The third kappa shape index (κ3) is 3.52. The predicted molar refractivity (Wildman–Crippen MR) is 83.3 cm³/mol. The fourth-order valence-electron chi connectivity index (χ4n) is 3.34. The summed E-state index contributed by atoms with van der Waals surface area (Å²) in [6, 6.07) is 8.10. The smallest absolute Gasteiger partial charge is 0.0453 e. The molecule has 1 aliphatic carbocycles. The highest BCUT2D eigenvalue weighted by molar-refractivity contribution is 6.31. The van der Waals surface area contributed by atoms with Crippen LogP contribution in [0.5, 0.6) is 0 Å². The van der Waals surface area contributed by atoms with Gasteiger partial charge in [-0.15, -0.1) is 0 Å². The minimum absolute atomic E-state index is 0.0922. The maximum atomic E-state index is 6.44. The van der Waals surface area contributed by atoms with Gasteiger partial charge in [0.05, 0.1) is 0 Å². The normalized spacial score (nSPS) is 26.2. The minimum atomic E-state index is 0.0922. The monoisotopic (exact) mass is 279 g/mol. The second-order valence-electron chi connectivity index (χ2n) is 7.03. The zero-order valence-electron chi connectivity index (χ0n) is 12.3. The minimum Gasteiger partial charge on any atom is -0.324 e. The lowest BCUT2D eigenvalue weighted by molar-refractivity contribution is 0.139. The lowest BCUT2D eigenvalue weighted by Crippen LogP contribution is -2.30. The molecule has 1 saturated carbocycles. The van der Waals surface area contributed by atoms with Crippen molar-refractivity contribution in [1.29, 1.82) is 0 Å². The summed E-state index contributed by atoms with van der Waals surface area (Å²) in [6.07, 6.45) is 5.06. The Balaban J connectivity index is 2.00. The molecule has 2 N–H and O–H groups in total. The third-order valence-corrected chi connectivity index (χ3v) is 5.11. The second-order valence-corrected chi connectivity index (χ2v) is 7.43. The second kappa shape index (κ2) is 5.85. The molecule has 2 rings (SSSR count). The van der Waals surface area contributed by atoms with Gasteiger partial charge in [-0.3, -0.25) is 0 Å². The maximum absolute atomic E-state index is 6.44. The molecule has 19 heavy (non-hydrogen) atoms. The third-order valence-electron chi connectivity index (χ3n) is 4.77. The number of halogens is 1. The van der Waals surface area contributed by atoms with E-state index in [4.69, 9.17) is 17.3 Å². The summed E-state index contributed by atoms with van der Waals surface area (Å²) < 4.78 is 0. The molecule has 0 bridgehead atoms. The lowest BCUT2D eigenvalue weighted by Gasteiger charge is -2.38. The molecule has 2 heteroatoms. The van der Waals surface area contributed by atoms with Gasteiger partial charge in [0.1, 0.15) is 0 Å². The van der Waals surface area contributed by atoms with E-state index in [0.717, 1.165) is 16.5 Å². The van der Waals surface area contributed by atoms with Crippen LogP contribution in [0.15, 0.2) is 24.3 Å². The lowest BCUT2D eigenvalue weighted by atomic mass is 9.68. The van der Waals surface area contributed by atoms with Gasteiger partial charge in [0.2, 0.25) is 0 Å². The molecular weight excluding hydrogens is 254 g/mol. The molecule has 0 radical (unpaired) electrons. The Kier molecular flexibility index (Phi) is 4.58. The van der Waals surface area contributed by atoms with E-state index in [-0.39, 0.29) is 6.04 Å². The van der Waals surface area contributed by atoms with Crippen LogP contribution in [0.3, 0.4) is 0 Å². The quantitative estimate of drug-likeness (QED) is 0.792. The van der Waals surface area contributed by atoms with Gasteiger partial charge in [-0.05, 0) is 54.6 Å². The van der Waals surface area contributed by atoms with E-state index in [2.05, 4.69) is 26.8 Å². The van der Waals surface area contributed by atoms with Gasteiger partial charge in [0, 0.05) is 11.1 Å². The first kappa shape index (κ1) is 14.9. The van der Waals surface area contributed by atoms with Crippen LogP contribution in [0.25, 0.3) is 0 Å². The largest absolute Gasteiger partial charge is 0.324 e. The highest BCUT2D eigenvalue weighted by Crippen LogP contribution is 2.43. The van der Waals surface area contributed by atoms with E-state index in [1.165, 1.54) is 25.7 Å². The van der Waals surface area contributed by atoms with Gasteiger partial charge in [-0.25, -0.2) is 0 Å². The van der Waals surface area contributed by atoms with Crippen molar-refractivity contribution in [1.82, 2.24) is 0 Å². The summed E-state index contributed by atoms with van der Waals surface area (Å²) in [6.45, 7) is 7.06. The fraction of sp³-hybridized carbons (Fsp3) is 0.647. The molecule has 106 valence electrons. The van der Waals surface area contributed by atoms with Crippen molar-refractivity contribution in [2.24, 2.45) is 23.0 Å². The topological polar surface area (TPSA) is 26.0 Å². The van der Waals surface area contributed by atoms with Crippen LogP contribution in [0.2, 0.25) is 5.02 Å². The maximum Gasteiger partial charge on any atom is 0.0453 e. The molecule has 1 nitrogen and oxygen atoms in total. The summed E-state index contributed by atoms with van der Waals surface area (Å²) in [5.41, 5.74) is 7.98. The van der Waals surface area contributed by atoms with E-state index in [1.807, 2.05) is 18.2 Å². The Morgan fingerprint density at radius 1 is 1.11 bits per heavy atom. The van der Waals surface area contributed by atoms with Gasteiger partial charge >= 0.3 is 0 Å². The molecule has 0 spiro atoms. The molecule has 0 heterocycles. The molecule has 1 atom stereocenters. The number of rotatable bonds is 2. The van der Waals surface area contributed by atoms with E-state index in [9.17, 15) is 0 Å². The average Bonchev–Trinajstić information content (AvgIpc) is 2.38. The molecule has 1 unspecified atom stereocenters. The summed E-state index contributed by atoms with van der Waals surface area (Å²) >= 11 is 6.26. The molecule has 0 amide bonds. The van der Waals surface area contributed by atoms with Crippen molar-refractivity contribution in [2.75, 3.05) is 0 Å². The Labute approximate surface area is 122 Å². The van der Waals surface area contributed by atoms with Crippen LogP contribution in [0.4, 0.5) is 0 Å². The van der Waals surface area contributed by atoms with Crippen LogP contribution >= 0.6 is 11.6 Å². The van der Waals surface area contributed by atoms with Gasteiger partial charge in [0.15, 0.2) is 0 Å². The van der Waals surface area contributed by atoms with Crippen molar-refractivity contribution >= 4 is 11.6 Å². The summed E-state index contributed by atoms with van der Waals surface area (Å²) in [4.78, 5) is 0. The van der Waals surface area contributed by atoms with Gasteiger partial charge in [-0.2, -0.15) is 0 Å². The molecule has 0 aliphatic heterocycles. The summed E-state index contributed by atoms with van der Waals surface area (Å²) in [5, 5.41) is 0.813. The Morgan fingerprint density at radius 3 is 2.21 bits per heavy atom. The molecule has 1 fully saturated rings.